The molecule has 5 nitrogen and oxygen atoms in total. The minimum Gasteiger partial charge on any atom is -0.397 e. The molecular weight excluding hydrogens is 401 g/mol. The van der Waals surface area contributed by atoms with Gasteiger partial charge in [0.05, 0.1) is 11.3 Å². The van der Waals surface area contributed by atoms with E-state index in [-0.39, 0.29) is 26.5 Å². The highest BCUT2D eigenvalue weighted by Crippen LogP contribution is 2.42. The molecule has 0 atom stereocenters. The van der Waals surface area contributed by atoms with E-state index in [4.69, 9.17) is 5.73 Å². The third-order valence-electron chi connectivity index (χ3n) is 4.49. The van der Waals surface area contributed by atoms with Gasteiger partial charge in [0.25, 0.3) is 5.91 Å². The summed E-state index contributed by atoms with van der Waals surface area (Å²) in [6, 6.07) is 10.8. The van der Waals surface area contributed by atoms with E-state index in [2.05, 4.69) is 15.2 Å². The number of nitrogens with one attached hydrogen (secondary N) is 1. The summed E-state index contributed by atoms with van der Waals surface area (Å²) in [6.07, 6.45) is -3.90. The quantitative estimate of drug-likeness (QED) is 0.576. The predicted molar refractivity (Wildman–Crippen MR) is 110 cm³/mol. The van der Waals surface area contributed by atoms with Crippen LogP contribution >= 0.6 is 11.3 Å². The Labute approximate surface area is 170 Å². The number of anilines is 2. The number of halogens is 3. The number of hydrogen-bond donors (Lipinski definition) is 2. The molecular formula is C20H21F3N4OS. The lowest BCUT2D eigenvalue weighted by atomic mass is 10.1. The van der Waals surface area contributed by atoms with Crippen LogP contribution in [0.5, 0.6) is 0 Å². The minimum absolute atomic E-state index is 0.0556. The van der Waals surface area contributed by atoms with Gasteiger partial charge < -0.3 is 16.0 Å². The Kier molecular flexibility index (Phi) is 5.97. The fourth-order valence-electron chi connectivity index (χ4n) is 3.05. The number of aryl methyl sites for hydroxylation is 1. The number of para-hydroxylation sites is 1. The highest BCUT2D eigenvalue weighted by Gasteiger charge is 2.35. The van der Waals surface area contributed by atoms with Crippen molar-refractivity contribution in [2.45, 2.75) is 19.5 Å². The van der Waals surface area contributed by atoms with Crippen LogP contribution in [-0.4, -0.2) is 31.0 Å². The molecule has 2 aromatic heterocycles. The molecule has 9 heteroatoms. The van der Waals surface area contributed by atoms with Crippen molar-refractivity contribution >= 4 is 38.8 Å². The Morgan fingerprint density at radius 3 is 2.62 bits per heavy atom. The molecule has 154 valence electrons. The summed E-state index contributed by atoms with van der Waals surface area (Å²) >= 11 is 0.879. The van der Waals surface area contributed by atoms with Gasteiger partial charge in [0.15, 0.2) is 0 Å². The first-order valence-corrected chi connectivity index (χ1v) is 9.81. The number of pyridine rings is 1. The van der Waals surface area contributed by atoms with Gasteiger partial charge in [-0.25, -0.2) is 4.98 Å². The van der Waals surface area contributed by atoms with Gasteiger partial charge in [-0.05, 0) is 31.5 Å². The normalized spacial score (nSPS) is 11.6. The van der Waals surface area contributed by atoms with Crippen LogP contribution in [-0.2, 0) is 6.18 Å². The van der Waals surface area contributed by atoms with E-state index in [1.54, 1.807) is 0 Å². The largest absolute Gasteiger partial charge is 0.417 e. The van der Waals surface area contributed by atoms with E-state index < -0.39 is 17.6 Å². The zero-order valence-electron chi connectivity index (χ0n) is 16.0. The van der Waals surface area contributed by atoms with Crippen molar-refractivity contribution in [3.05, 3.63) is 52.5 Å². The maximum absolute atomic E-state index is 13.4. The van der Waals surface area contributed by atoms with Crippen molar-refractivity contribution in [3.8, 4) is 0 Å². The smallest absolute Gasteiger partial charge is 0.397 e. The molecule has 1 amide bonds. The summed E-state index contributed by atoms with van der Waals surface area (Å²) < 4.78 is 40.1. The Hall–Kier alpha value is -2.81. The molecule has 0 saturated heterocycles. The average molecular weight is 422 g/mol. The Morgan fingerprint density at radius 1 is 1.28 bits per heavy atom. The molecule has 0 aliphatic carbocycles. The molecule has 0 bridgehead atoms. The van der Waals surface area contributed by atoms with Gasteiger partial charge in [-0.15, -0.1) is 11.3 Å². The maximum atomic E-state index is 13.4. The first kappa shape index (κ1) is 20.9. The van der Waals surface area contributed by atoms with Crippen LogP contribution in [0.1, 0.15) is 27.3 Å². The Morgan fingerprint density at radius 2 is 1.97 bits per heavy atom. The van der Waals surface area contributed by atoms with Gasteiger partial charge in [0.1, 0.15) is 9.71 Å². The number of carbonyl (C=O) groups excluding carboxylic acids is 1. The van der Waals surface area contributed by atoms with Crippen molar-refractivity contribution < 1.29 is 18.0 Å². The number of nitrogen functional groups attached to an aromatic ring is 1. The highest BCUT2D eigenvalue weighted by atomic mass is 32.1. The van der Waals surface area contributed by atoms with Gasteiger partial charge in [0.2, 0.25) is 0 Å². The number of fused-ring (bicyclic) bond motifs is 1. The standard InChI is InChI=1S/C20H21F3N4OS/c1-12-11-14(20(21,22)23)15-16(24)17(29-19(15)26-12)18(28)25-9-6-10-27(2)13-7-4-3-5-8-13/h3-5,7-8,11H,6,9-10,24H2,1-2H3,(H,25,28). The van der Waals surface area contributed by atoms with Gasteiger partial charge in [0, 0.05) is 36.9 Å². The van der Waals surface area contributed by atoms with E-state index in [0.717, 1.165) is 23.1 Å². The molecule has 0 unspecified atom stereocenters. The summed E-state index contributed by atoms with van der Waals surface area (Å²) in [5.41, 5.74) is 6.16. The van der Waals surface area contributed by atoms with E-state index in [1.807, 2.05) is 37.4 Å². The van der Waals surface area contributed by atoms with Gasteiger partial charge >= 0.3 is 6.18 Å². The molecule has 3 rings (SSSR count). The van der Waals surface area contributed by atoms with Crippen molar-refractivity contribution in [1.29, 1.82) is 0 Å². The van der Waals surface area contributed by atoms with Crippen LogP contribution in [0.15, 0.2) is 36.4 Å². The van der Waals surface area contributed by atoms with Crippen LogP contribution in [0.4, 0.5) is 24.5 Å². The summed E-state index contributed by atoms with van der Waals surface area (Å²) in [6.45, 7) is 2.57. The zero-order chi connectivity index (χ0) is 21.2. The number of rotatable bonds is 6. The molecule has 0 saturated carbocycles. The molecule has 0 spiro atoms. The van der Waals surface area contributed by atoms with Crippen molar-refractivity contribution in [2.75, 3.05) is 30.8 Å². The van der Waals surface area contributed by atoms with Crippen LogP contribution in [0.3, 0.4) is 0 Å². The summed E-state index contributed by atoms with van der Waals surface area (Å²) in [5.74, 6) is -0.487. The van der Waals surface area contributed by atoms with Crippen molar-refractivity contribution in [1.82, 2.24) is 10.3 Å². The molecule has 0 aliphatic heterocycles. The monoisotopic (exact) mass is 422 g/mol. The first-order valence-electron chi connectivity index (χ1n) is 8.99. The number of nitrogens with zero attached hydrogens (tertiary/aromatic N) is 2. The zero-order valence-corrected chi connectivity index (χ0v) is 16.8. The van der Waals surface area contributed by atoms with Crippen molar-refractivity contribution in [2.24, 2.45) is 0 Å². The van der Waals surface area contributed by atoms with Crippen LogP contribution in [0.25, 0.3) is 10.2 Å². The minimum atomic E-state index is -4.57. The summed E-state index contributed by atoms with van der Waals surface area (Å²) in [5, 5.41) is 2.53. The number of aromatic nitrogens is 1. The van der Waals surface area contributed by atoms with E-state index in [1.165, 1.54) is 6.92 Å². The average Bonchev–Trinajstić information content (AvgIpc) is 3.00. The van der Waals surface area contributed by atoms with Crippen LogP contribution in [0, 0.1) is 6.92 Å². The third kappa shape index (κ3) is 4.61. The predicted octanol–water partition coefficient (Wildman–Crippen LogP) is 4.46. The third-order valence-corrected chi connectivity index (χ3v) is 5.59. The number of benzene rings is 1. The fraction of sp³-hybridized carbons (Fsp3) is 0.300. The number of hydrogen-bond acceptors (Lipinski definition) is 5. The molecule has 0 fully saturated rings. The molecule has 3 aromatic rings. The van der Waals surface area contributed by atoms with Crippen LogP contribution in [0.2, 0.25) is 0 Å². The number of nitrogens with two attached hydrogens (primary N) is 1. The van der Waals surface area contributed by atoms with Gasteiger partial charge in [-0.1, -0.05) is 18.2 Å². The fourth-order valence-corrected chi connectivity index (χ4v) is 4.13. The van der Waals surface area contributed by atoms with Crippen molar-refractivity contribution in [3.63, 3.8) is 0 Å². The topological polar surface area (TPSA) is 71.2 Å². The molecule has 0 radical (unpaired) electrons. The van der Waals surface area contributed by atoms with Crippen LogP contribution < -0.4 is 16.0 Å². The Balaban J connectivity index is 1.69. The van der Waals surface area contributed by atoms with Gasteiger partial charge in [-0.3, -0.25) is 4.79 Å². The molecule has 29 heavy (non-hydrogen) atoms. The molecule has 3 N–H and O–H groups in total. The van der Waals surface area contributed by atoms with Gasteiger partial charge in [-0.2, -0.15) is 13.2 Å². The van der Waals surface area contributed by atoms with E-state index >= 15 is 0 Å². The first-order chi connectivity index (χ1) is 13.7. The summed E-state index contributed by atoms with van der Waals surface area (Å²) in [7, 11) is 1.95. The maximum Gasteiger partial charge on any atom is 0.417 e. The Bertz CT molecular complexity index is 1020. The SMILES string of the molecule is Cc1cc(C(F)(F)F)c2c(N)c(C(=O)NCCCN(C)c3ccccc3)sc2n1. The molecule has 0 aliphatic rings. The number of thiophene rings is 1. The molecule has 2 heterocycles. The highest BCUT2D eigenvalue weighted by molar-refractivity contribution is 7.21. The lowest BCUT2D eigenvalue weighted by Gasteiger charge is -2.19. The number of alkyl halides is 3. The lowest BCUT2D eigenvalue weighted by molar-refractivity contribution is -0.136. The van der Waals surface area contributed by atoms with E-state index in [9.17, 15) is 18.0 Å². The number of amides is 1. The second-order valence-electron chi connectivity index (χ2n) is 6.70. The molecule has 1 aromatic carbocycles. The lowest BCUT2D eigenvalue weighted by Crippen LogP contribution is -2.28. The number of carbonyl (C=O) groups is 1. The second kappa shape index (κ2) is 8.28. The van der Waals surface area contributed by atoms with E-state index in [0.29, 0.717) is 19.5 Å². The summed E-state index contributed by atoms with van der Waals surface area (Å²) in [4.78, 5) is 18.8. The second-order valence-corrected chi connectivity index (χ2v) is 7.70.